The first-order valence-electron chi connectivity index (χ1n) is 10.7. The zero-order valence-corrected chi connectivity index (χ0v) is 22.3. The van der Waals surface area contributed by atoms with Gasteiger partial charge in [0.1, 0.15) is 10.8 Å². The molecule has 1 aromatic carbocycles. The van der Waals surface area contributed by atoms with E-state index in [0.717, 1.165) is 23.7 Å². The van der Waals surface area contributed by atoms with Crippen LogP contribution in [0.1, 0.15) is 36.2 Å². The molecule has 2 rings (SSSR count). The van der Waals surface area contributed by atoms with E-state index in [4.69, 9.17) is 9.88 Å². The van der Waals surface area contributed by atoms with Crippen LogP contribution in [-0.4, -0.2) is 68.0 Å². The van der Waals surface area contributed by atoms with E-state index in [1.165, 1.54) is 10.4 Å². The van der Waals surface area contributed by atoms with Crippen molar-refractivity contribution in [1.29, 1.82) is 0 Å². The largest absolute Gasteiger partial charge is 0.385 e. The third-order valence-corrected chi connectivity index (χ3v) is 9.58. The minimum Gasteiger partial charge on any atom is -0.385 e. The smallest absolute Gasteiger partial charge is 0.294 e. The first-order valence-corrected chi connectivity index (χ1v) is 13.8. The molecule has 1 heterocycles. The van der Waals surface area contributed by atoms with Crippen LogP contribution in [0.2, 0.25) is 0 Å². The maximum atomic E-state index is 13.5. The van der Waals surface area contributed by atoms with Crippen molar-refractivity contribution in [2.45, 2.75) is 32.9 Å². The number of thioether (sulfide) groups is 1. The average Bonchev–Trinajstić information content (AvgIpc) is 2.83. The lowest BCUT2D eigenvalue weighted by Crippen LogP contribution is -2.52. The van der Waals surface area contributed by atoms with Crippen molar-refractivity contribution in [2.24, 2.45) is 5.14 Å². The second-order valence-corrected chi connectivity index (χ2v) is 11.8. The maximum absolute atomic E-state index is 13.5. The molecule has 14 heteroatoms. The zero-order valence-electron chi connectivity index (χ0n) is 19.8. The predicted molar refractivity (Wildman–Crippen MR) is 137 cm³/mol. The number of hydrogen-bond acceptors (Lipinski definition) is 10. The fraction of sp³-hybridized carbons (Fsp3) is 0.476. The van der Waals surface area contributed by atoms with Crippen molar-refractivity contribution in [3.63, 3.8) is 0 Å². The fourth-order valence-electron chi connectivity index (χ4n) is 3.67. The van der Waals surface area contributed by atoms with Gasteiger partial charge < -0.3 is 14.5 Å². The number of rotatable bonds is 13. The number of sulfonamides is 1. The summed E-state index contributed by atoms with van der Waals surface area (Å²) in [5, 5.41) is 15.2. The molecular formula is C21H30N4O7S3. The van der Waals surface area contributed by atoms with Crippen LogP contribution in [0.15, 0.2) is 44.9 Å². The molecule has 0 aliphatic carbocycles. The Morgan fingerprint density at radius 1 is 1.43 bits per heavy atom. The van der Waals surface area contributed by atoms with E-state index in [1.54, 1.807) is 37.1 Å². The van der Waals surface area contributed by atoms with Crippen LogP contribution in [0, 0.1) is 10.1 Å². The summed E-state index contributed by atoms with van der Waals surface area (Å²) in [6.07, 6.45) is 0.491. The van der Waals surface area contributed by atoms with Gasteiger partial charge in [0.2, 0.25) is 10.0 Å². The van der Waals surface area contributed by atoms with Crippen molar-refractivity contribution in [2.75, 3.05) is 33.4 Å². The quantitative estimate of drug-likeness (QED) is 0.170. The summed E-state index contributed by atoms with van der Waals surface area (Å²) in [5.41, 5.74) is 1.31. The summed E-state index contributed by atoms with van der Waals surface area (Å²) in [7, 11) is -2.27. The predicted octanol–water partition coefficient (Wildman–Crippen LogP) is 2.95. The van der Waals surface area contributed by atoms with Crippen molar-refractivity contribution in [1.82, 2.24) is 9.21 Å². The third-order valence-electron chi connectivity index (χ3n) is 5.35. The summed E-state index contributed by atoms with van der Waals surface area (Å²) in [4.78, 5) is 30.0. The van der Waals surface area contributed by atoms with E-state index in [2.05, 4.69) is 11.4 Å². The van der Waals surface area contributed by atoms with Gasteiger partial charge in [-0.3, -0.25) is 9.93 Å². The van der Waals surface area contributed by atoms with Crippen LogP contribution in [0.5, 0.6) is 0 Å². The van der Waals surface area contributed by atoms with E-state index in [0.29, 0.717) is 40.5 Å². The minimum atomic E-state index is -3.81. The number of hydrogen-bond donors (Lipinski definition) is 1. The first kappa shape index (κ1) is 29.1. The molecular weight excluding hydrogens is 516 g/mol. The second kappa shape index (κ2) is 13.3. The van der Waals surface area contributed by atoms with Gasteiger partial charge in [-0.1, -0.05) is 30.5 Å². The van der Waals surface area contributed by atoms with E-state index < -0.39 is 21.2 Å². The van der Waals surface area contributed by atoms with Gasteiger partial charge in [0.15, 0.2) is 0 Å². The highest BCUT2D eigenvalue weighted by molar-refractivity contribution is 8.29. The number of nitrogens with zero attached hydrogens (tertiary/aromatic N) is 3. The molecule has 0 fully saturated rings. The summed E-state index contributed by atoms with van der Waals surface area (Å²) in [5.74, 6) is -0.327. The van der Waals surface area contributed by atoms with Gasteiger partial charge in [-0.05, 0) is 55.5 Å². The number of carbonyl (C=O) groups is 1. The van der Waals surface area contributed by atoms with Gasteiger partial charge in [-0.25, -0.2) is 8.42 Å². The highest BCUT2D eigenvalue weighted by atomic mass is 32.3. The van der Waals surface area contributed by atoms with Gasteiger partial charge in [0, 0.05) is 38.9 Å². The number of likely N-dealkylation sites (N-methyl/N-ethyl adjacent to an activating group) is 1. The molecule has 0 saturated carbocycles. The van der Waals surface area contributed by atoms with E-state index in [1.807, 2.05) is 6.92 Å². The molecule has 11 nitrogen and oxygen atoms in total. The molecule has 35 heavy (non-hydrogen) atoms. The Hall–Kier alpha value is -2.10. The Bertz CT molecular complexity index is 1080. The van der Waals surface area contributed by atoms with Crippen LogP contribution < -0.4 is 5.14 Å². The second-order valence-electron chi connectivity index (χ2n) is 7.58. The molecule has 1 unspecified atom stereocenters. The molecule has 0 aromatic heterocycles. The van der Waals surface area contributed by atoms with Crippen LogP contribution in [0.4, 0.5) is 0 Å². The maximum Gasteiger partial charge on any atom is 0.294 e. The number of ether oxygens (including phenoxy) is 1. The molecule has 194 valence electrons. The summed E-state index contributed by atoms with van der Waals surface area (Å²) >= 11 is 1.84. The number of nitrogens with two attached hydrogens (primary N) is 1. The lowest BCUT2D eigenvalue weighted by molar-refractivity contribution is -0.763. The molecule has 2 N–H and O–H groups in total. The minimum absolute atomic E-state index is 0.0912. The number of methoxy groups -OCH3 is 1. The Morgan fingerprint density at radius 3 is 2.74 bits per heavy atom. The van der Waals surface area contributed by atoms with Crippen LogP contribution in [0.3, 0.4) is 0 Å². The standard InChI is InChI=1S/C21H30N4O7S3/c1-5-24(20(26)18-9-6-8-17(12-18)14-32-25(27)28)19-13-23(10-7-11-31-4)35(29,30)21(15(19)2)33-16(3)34-22/h6,8-9,12,19H,3,5,7,10-11,13-14,22H2,1-2,4H3. The molecule has 1 atom stereocenters. The summed E-state index contributed by atoms with van der Waals surface area (Å²) < 4.78 is 33.7. The third kappa shape index (κ3) is 7.44. The van der Waals surface area contributed by atoms with E-state index in [-0.39, 0.29) is 29.8 Å². The van der Waals surface area contributed by atoms with Gasteiger partial charge in [0.25, 0.3) is 11.0 Å². The number of amides is 1. The van der Waals surface area contributed by atoms with Crippen LogP contribution in [0.25, 0.3) is 0 Å². The molecule has 0 saturated heterocycles. The highest BCUT2D eigenvalue weighted by Crippen LogP contribution is 2.41. The molecule has 0 bridgehead atoms. The Kier molecular flexibility index (Phi) is 11.0. The highest BCUT2D eigenvalue weighted by Gasteiger charge is 2.41. The van der Waals surface area contributed by atoms with Crippen LogP contribution >= 0.6 is 23.7 Å². The van der Waals surface area contributed by atoms with E-state index in [9.17, 15) is 23.3 Å². The topological polar surface area (TPSA) is 145 Å². The summed E-state index contributed by atoms with van der Waals surface area (Å²) in [6.45, 7) is 8.05. The van der Waals surface area contributed by atoms with Gasteiger partial charge in [-0.15, -0.1) is 10.1 Å². The zero-order chi connectivity index (χ0) is 26.2. The Morgan fingerprint density at radius 2 is 2.14 bits per heavy atom. The normalized spacial score (nSPS) is 17.8. The van der Waals surface area contributed by atoms with Gasteiger partial charge in [0.05, 0.1) is 10.3 Å². The van der Waals surface area contributed by atoms with Crippen molar-refractivity contribution < 1.29 is 27.9 Å². The lowest BCUT2D eigenvalue weighted by atomic mass is 10.0. The SMILES string of the molecule is C=C(SN)SC1=C(C)C(N(CC)C(=O)c2cccc(CO[N+](=O)[O-])c2)CN(CCCOC)S1(=O)=O. The molecule has 1 aromatic rings. The molecule has 1 aliphatic rings. The molecule has 1 aliphatic heterocycles. The molecule has 0 radical (unpaired) electrons. The van der Waals surface area contributed by atoms with Gasteiger partial charge in [-0.2, -0.15) is 4.31 Å². The monoisotopic (exact) mass is 546 g/mol. The summed E-state index contributed by atoms with van der Waals surface area (Å²) in [6, 6.07) is 5.85. The molecule has 1 amide bonds. The number of carbonyl (C=O) groups excluding carboxylic acids is 1. The first-order chi connectivity index (χ1) is 16.6. The van der Waals surface area contributed by atoms with Crippen LogP contribution in [-0.2, 0) is 26.2 Å². The van der Waals surface area contributed by atoms with Crippen molar-refractivity contribution >= 4 is 39.6 Å². The van der Waals surface area contributed by atoms with Crippen molar-refractivity contribution in [3.8, 4) is 0 Å². The van der Waals surface area contributed by atoms with E-state index >= 15 is 0 Å². The Labute approximate surface area is 214 Å². The lowest BCUT2D eigenvalue weighted by Gasteiger charge is -2.40. The number of benzene rings is 1. The van der Waals surface area contributed by atoms with Gasteiger partial charge >= 0.3 is 0 Å². The molecule has 0 spiro atoms. The Balaban J connectivity index is 2.45. The van der Waals surface area contributed by atoms with Crippen molar-refractivity contribution in [3.05, 3.63) is 66.1 Å². The fourth-order valence-corrected chi connectivity index (χ4v) is 7.30. The average molecular weight is 547 g/mol.